The van der Waals surface area contributed by atoms with Gasteiger partial charge in [-0.05, 0) is 43.2 Å². The molecule has 0 bridgehead atoms. The lowest BCUT2D eigenvalue weighted by atomic mass is 10.1. The van der Waals surface area contributed by atoms with Crippen molar-refractivity contribution in [2.75, 3.05) is 5.75 Å². The van der Waals surface area contributed by atoms with Gasteiger partial charge in [-0.1, -0.05) is 42.1 Å². The summed E-state index contributed by atoms with van der Waals surface area (Å²) in [6.07, 6.45) is 1.94. The van der Waals surface area contributed by atoms with E-state index in [4.69, 9.17) is 0 Å². The van der Waals surface area contributed by atoms with Gasteiger partial charge in [0.1, 0.15) is 11.6 Å². The van der Waals surface area contributed by atoms with Crippen molar-refractivity contribution in [1.82, 2.24) is 14.8 Å². The first-order valence-electron chi connectivity index (χ1n) is 9.05. The van der Waals surface area contributed by atoms with Crippen LogP contribution in [0.5, 0.6) is 0 Å². The Bertz CT molecular complexity index is 878. The van der Waals surface area contributed by atoms with Crippen molar-refractivity contribution in [3.8, 4) is 0 Å². The molecule has 0 aliphatic rings. The zero-order valence-corrected chi connectivity index (χ0v) is 16.1. The highest BCUT2D eigenvalue weighted by atomic mass is 32.2. The van der Waals surface area contributed by atoms with Crippen LogP contribution in [-0.4, -0.2) is 26.3 Å². The molecule has 0 saturated carbocycles. The molecule has 0 radical (unpaired) electrons. The second-order valence-corrected chi connectivity index (χ2v) is 7.25. The predicted molar refractivity (Wildman–Crippen MR) is 106 cm³/mol. The third kappa shape index (κ3) is 5.26. The highest BCUT2D eigenvalue weighted by Gasteiger charge is 2.12. The van der Waals surface area contributed by atoms with Crippen molar-refractivity contribution in [3.63, 3.8) is 0 Å². The number of nitrogens with zero attached hydrogens (tertiary/aromatic N) is 3. The fraction of sp³-hybridized carbons (Fsp3) is 0.286. The summed E-state index contributed by atoms with van der Waals surface area (Å²) in [6.45, 7) is 2.89. The topological polar surface area (TPSA) is 47.8 Å². The van der Waals surface area contributed by atoms with Crippen LogP contribution in [0.4, 0.5) is 4.39 Å². The number of rotatable bonds is 9. The number of hydrogen-bond donors (Lipinski definition) is 0. The lowest BCUT2D eigenvalue weighted by Gasteiger charge is -2.07. The second kappa shape index (κ2) is 9.46. The predicted octanol–water partition coefficient (Wildman–Crippen LogP) is 4.78. The molecule has 0 aliphatic carbocycles. The summed E-state index contributed by atoms with van der Waals surface area (Å²) in [4.78, 5) is 12.1. The summed E-state index contributed by atoms with van der Waals surface area (Å²) in [5.41, 5.74) is 1.77. The maximum absolute atomic E-state index is 12.9. The second-order valence-electron chi connectivity index (χ2n) is 6.19. The van der Waals surface area contributed by atoms with Crippen LogP contribution in [0.15, 0.2) is 59.8 Å². The van der Waals surface area contributed by atoms with Gasteiger partial charge in [0.15, 0.2) is 10.9 Å². The third-order valence-electron chi connectivity index (χ3n) is 4.26. The molecule has 0 atom stereocenters. The molecule has 2 aromatic carbocycles. The van der Waals surface area contributed by atoms with E-state index < -0.39 is 0 Å². The van der Waals surface area contributed by atoms with Crippen LogP contribution >= 0.6 is 11.8 Å². The molecule has 3 rings (SSSR count). The van der Waals surface area contributed by atoms with Crippen LogP contribution in [-0.2, 0) is 13.0 Å². The molecule has 0 fully saturated rings. The molecule has 0 unspecified atom stereocenters. The summed E-state index contributed by atoms with van der Waals surface area (Å²) in [6, 6.07) is 15.9. The Morgan fingerprint density at radius 2 is 1.81 bits per heavy atom. The average Bonchev–Trinajstić information content (AvgIpc) is 3.07. The molecule has 0 saturated heterocycles. The van der Waals surface area contributed by atoms with Crippen molar-refractivity contribution in [2.24, 2.45) is 0 Å². The van der Waals surface area contributed by atoms with E-state index in [1.165, 1.54) is 29.8 Å². The molecular weight excluding hydrogens is 361 g/mol. The Hall–Kier alpha value is -2.47. The van der Waals surface area contributed by atoms with Crippen LogP contribution in [0.2, 0.25) is 0 Å². The molecule has 0 aliphatic heterocycles. The van der Waals surface area contributed by atoms with Crippen molar-refractivity contribution < 1.29 is 9.18 Å². The van der Waals surface area contributed by atoms with Crippen LogP contribution in [0.3, 0.4) is 0 Å². The van der Waals surface area contributed by atoms with Gasteiger partial charge < -0.3 is 4.57 Å². The van der Waals surface area contributed by atoms with E-state index in [1.807, 2.05) is 18.2 Å². The molecule has 1 heterocycles. The first-order valence-corrected chi connectivity index (χ1v) is 10.0. The molecule has 3 aromatic rings. The van der Waals surface area contributed by atoms with Gasteiger partial charge >= 0.3 is 0 Å². The van der Waals surface area contributed by atoms with E-state index in [-0.39, 0.29) is 11.6 Å². The van der Waals surface area contributed by atoms with Crippen LogP contribution in [0, 0.1) is 5.82 Å². The molecule has 6 heteroatoms. The van der Waals surface area contributed by atoms with Gasteiger partial charge in [-0.3, -0.25) is 4.79 Å². The van der Waals surface area contributed by atoms with Gasteiger partial charge in [0.2, 0.25) is 0 Å². The molecule has 0 spiro atoms. The highest BCUT2D eigenvalue weighted by molar-refractivity contribution is 7.99. The Balaban J connectivity index is 1.52. The lowest BCUT2D eigenvalue weighted by molar-refractivity contribution is 0.0982. The first-order chi connectivity index (χ1) is 13.2. The summed E-state index contributed by atoms with van der Waals surface area (Å²) in [7, 11) is 0. The van der Waals surface area contributed by atoms with Crippen molar-refractivity contribution >= 4 is 17.5 Å². The normalized spacial score (nSPS) is 10.9. The van der Waals surface area contributed by atoms with Gasteiger partial charge in [0.25, 0.3) is 0 Å². The summed E-state index contributed by atoms with van der Waals surface area (Å²) < 4.78 is 15.1. The number of ketones is 1. The fourth-order valence-corrected chi connectivity index (χ4v) is 3.79. The Labute approximate surface area is 162 Å². The van der Waals surface area contributed by atoms with E-state index in [1.54, 1.807) is 11.8 Å². The van der Waals surface area contributed by atoms with Crippen molar-refractivity contribution in [2.45, 2.75) is 37.9 Å². The lowest BCUT2D eigenvalue weighted by Crippen LogP contribution is -2.04. The van der Waals surface area contributed by atoms with E-state index in [0.29, 0.717) is 12.0 Å². The molecule has 27 heavy (non-hydrogen) atoms. The first kappa shape index (κ1) is 19.3. The van der Waals surface area contributed by atoms with Gasteiger partial charge in [0.05, 0.1) is 0 Å². The largest absolute Gasteiger partial charge is 0.306 e. The number of benzene rings is 2. The Morgan fingerprint density at radius 1 is 1.07 bits per heavy atom. The fourth-order valence-electron chi connectivity index (χ4n) is 2.83. The minimum Gasteiger partial charge on any atom is -0.306 e. The van der Waals surface area contributed by atoms with E-state index in [0.717, 1.165) is 36.1 Å². The minimum absolute atomic E-state index is 0.0392. The summed E-state index contributed by atoms with van der Waals surface area (Å²) >= 11 is 1.62. The van der Waals surface area contributed by atoms with Gasteiger partial charge in [-0.25, -0.2) is 4.39 Å². The number of carbonyl (C=O) groups is 1. The number of halogens is 1. The number of hydrogen-bond acceptors (Lipinski definition) is 4. The van der Waals surface area contributed by atoms with Gasteiger partial charge in [-0.2, -0.15) is 0 Å². The standard InChI is InChI=1S/C21H22FN3OS/c1-2-25-20(15-16-7-4-3-5-8-16)23-24-21(25)27-14-6-9-19(26)17-10-12-18(22)13-11-17/h3-5,7-8,10-13H,2,6,9,14-15H2,1H3. The van der Waals surface area contributed by atoms with E-state index >= 15 is 0 Å². The highest BCUT2D eigenvalue weighted by Crippen LogP contribution is 2.20. The maximum Gasteiger partial charge on any atom is 0.191 e. The molecule has 4 nitrogen and oxygen atoms in total. The summed E-state index contributed by atoms with van der Waals surface area (Å²) in [5, 5.41) is 9.55. The number of Topliss-reactive ketones (excluding diaryl/α,β-unsaturated/α-hetero) is 1. The Kier molecular flexibility index (Phi) is 6.76. The third-order valence-corrected chi connectivity index (χ3v) is 5.31. The van der Waals surface area contributed by atoms with E-state index in [9.17, 15) is 9.18 Å². The van der Waals surface area contributed by atoms with Gasteiger partial charge in [0, 0.05) is 30.7 Å². The number of thioether (sulfide) groups is 1. The van der Waals surface area contributed by atoms with Crippen LogP contribution in [0.25, 0.3) is 0 Å². The zero-order valence-electron chi connectivity index (χ0n) is 15.3. The molecule has 0 N–H and O–H groups in total. The Morgan fingerprint density at radius 3 is 2.52 bits per heavy atom. The zero-order chi connectivity index (χ0) is 19.1. The molecule has 140 valence electrons. The number of aromatic nitrogens is 3. The SMILES string of the molecule is CCn1c(Cc2ccccc2)nnc1SCCCC(=O)c1ccc(F)cc1. The summed E-state index contributed by atoms with van der Waals surface area (Å²) in [5.74, 6) is 1.45. The molecule has 1 aromatic heterocycles. The number of carbonyl (C=O) groups excluding carboxylic acids is 1. The van der Waals surface area contributed by atoms with Gasteiger partial charge in [-0.15, -0.1) is 10.2 Å². The molecule has 0 amide bonds. The van der Waals surface area contributed by atoms with Crippen LogP contribution in [0.1, 0.15) is 41.5 Å². The maximum atomic E-state index is 12.9. The van der Waals surface area contributed by atoms with E-state index in [2.05, 4.69) is 33.8 Å². The minimum atomic E-state index is -0.327. The monoisotopic (exact) mass is 383 g/mol. The molecular formula is C21H22FN3OS. The smallest absolute Gasteiger partial charge is 0.191 e. The average molecular weight is 383 g/mol. The van der Waals surface area contributed by atoms with Crippen molar-refractivity contribution in [1.29, 1.82) is 0 Å². The van der Waals surface area contributed by atoms with Crippen molar-refractivity contribution in [3.05, 3.63) is 77.4 Å². The van der Waals surface area contributed by atoms with Crippen LogP contribution < -0.4 is 0 Å². The quantitative estimate of drug-likeness (QED) is 0.303.